The van der Waals surface area contributed by atoms with Gasteiger partial charge >= 0.3 is 5.97 Å². The standard InChI is InChI=1S/C12H15ClN2O2/c13-11-10(6-8(14)7-15-11)12(16)17-9-4-2-1-3-5-9/h6-7,9H,1-5,14H2. The van der Waals surface area contributed by atoms with E-state index >= 15 is 0 Å². The predicted octanol–water partition coefficient (Wildman–Crippen LogP) is 2.81. The molecular formula is C12H15ClN2O2. The summed E-state index contributed by atoms with van der Waals surface area (Å²) < 4.78 is 5.39. The predicted molar refractivity (Wildman–Crippen MR) is 65.9 cm³/mol. The molecular weight excluding hydrogens is 240 g/mol. The van der Waals surface area contributed by atoms with E-state index in [1.54, 1.807) is 0 Å². The lowest BCUT2D eigenvalue weighted by atomic mass is 9.98. The smallest absolute Gasteiger partial charge is 0.341 e. The van der Waals surface area contributed by atoms with Gasteiger partial charge in [0.1, 0.15) is 11.3 Å². The van der Waals surface area contributed by atoms with Gasteiger partial charge in [-0.15, -0.1) is 0 Å². The van der Waals surface area contributed by atoms with Crippen molar-refractivity contribution < 1.29 is 9.53 Å². The lowest BCUT2D eigenvalue weighted by Gasteiger charge is -2.21. The number of ether oxygens (including phenoxy) is 1. The summed E-state index contributed by atoms with van der Waals surface area (Å²) in [6.07, 6.45) is 6.72. The summed E-state index contributed by atoms with van der Waals surface area (Å²) in [5.41, 5.74) is 6.22. The molecule has 0 radical (unpaired) electrons. The molecule has 0 saturated heterocycles. The fraction of sp³-hybridized carbons (Fsp3) is 0.500. The normalized spacial score (nSPS) is 16.8. The van der Waals surface area contributed by atoms with E-state index in [9.17, 15) is 4.79 Å². The van der Waals surface area contributed by atoms with E-state index in [4.69, 9.17) is 22.1 Å². The molecule has 5 heteroatoms. The zero-order valence-electron chi connectivity index (χ0n) is 9.49. The van der Waals surface area contributed by atoms with Crippen LogP contribution in [0.3, 0.4) is 0 Å². The number of nitrogens with zero attached hydrogens (tertiary/aromatic N) is 1. The molecule has 1 heterocycles. The van der Waals surface area contributed by atoms with Gasteiger partial charge in [-0.25, -0.2) is 9.78 Å². The van der Waals surface area contributed by atoms with Crippen molar-refractivity contribution in [2.75, 3.05) is 5.73 Å². The van der Waals surface area contributed by atoms with E-state index in [2.05, 4.69) is 4.98 Å². The Labute approximate surface area is 105 Å². The van der Waals surface area contributed by atoms with Gasteiger partial charge < -0.3 is 10.5 Å². The van der Waals surface area contributed by atoms with Crippen molar-refractivity contribution in [3.63, 3.8) is 0 Å². The molecule has 1 aromatic rings. The molecule has 2 rings (SSSR count). The molecule has 1 fully saturated rings. The van der Waals surface area contributed by atoms with Gasteiger partial charge in [0, 0.05) is 0 Å². The maximum absolute atomic E-state index is 11.9. The van der Waals surface area contributed by atoms with Crippen LogP contribution in [0.5, 0.6) is 0 Å². The number of nitrogens with two attached hydrogens (primary N) is 1. The Kier molecular flexibility index (Phi) is 3.84. The third kappa shape index (κ3) is 3.09. The van der Waals surface area contributed by atoms with Crippen molar-refractivity contribution in [3.05, 3.63) is 23.0 Å². The average Bonchev–Trinajstić information content (AvgIpc) is 2.33. The van der Waals surface area contributed by atoms with Crippen molar-refractivity contribution in [2.24, 2.45) is 0 Å². The number of nitrogen functional groups attached to an aromatic ring is 1. The minimum atomic E-state index is -0.429. The highest BCUT2D eigenvalue weighted by molar-refractivity contribution is 6.32. The summed E-state index contributed by atoms with van der Waals surface area (Å²) >= 11 is 5.84. The number of hydrogen-bond acceptors (Lipinski definition) is 4. The first-order chi connectivity index (χ1) is 8.16. The largest absolute Gasteiger partial charge is 0.459 e. The van der Waals surface area contributed by atoms with E-state index in [1.807, 2.05) is 0 Å². The van der Waals surface area contributed by atoms with Crippen LogP contribution in [0.4, 0.5) is 5.69 Å². The first kappa shape index (κ1) is 12.2. The Hall–Kier alpha value is -1.29. The molecule has 0 atom stereocenters. The molecule has 0 unspecified atom stereocenters. The van der Waals surface area contributed by atoms with Gasteiger partial charge in [-0.05, 0) is 31.7 Å². The van der Waals surface area contributed by atoms with Crippen LogP contribution >= 0.6 is 11.6 Å². The molecule has 1 aliphatic rings. The summed E-state index contributed by atoms with van der Waals surface area (Å²) in [7, 11) is 0. The highest BCUT2D eigenvalue weighted by atomic mass is 35.5. The first-order valence-corrected chi connectivity index (χ1v) is 6.16. The van der Waals surface area contributed by atoms with Crippen molar-refractivity contribution in [1.82, 2.24) is 4.98 Å². The number of anilines is 1. The Morgan fingerprint density at radius 2 is 2.12 bits per heavy atom. The molecule has 17 heavy (non-hydrogen) atoms. The Morgan fingerprint density at radius 1 is 1.41 bits per heavy atom. The molecule has 2 N–H and O–H groups in total. The van der Waals surface area contributed by atoms with Crippen LogP contribution < -0.4 is 5.73 Å². The summed E-state index contributed by atoms with van der Waals surface area (Å²) in [4.78, 5) is 15.7. The quantitative estimate of drug-likeness (QED) is 0.651. The fourth-order valence-corrected chi connectivity index (χ4v) is 2.19. The lowest BCUT2D eigenvalue weighted by Crippen LogP contribution is -2.21. The number of halogens is 1. The minimum absolute atomic E-state index is 0.00810. The summed E-state index contributed by atoms with van der Waals surface area (Å²) in [5, 5.41) is 0.139. The van der Waals surface area contributed by atoms with E-state index in [0.29, 0.717) is 5.69 Å². The number of aromatic nitrogens is 1. The van der Waals surface area contributed by atoms with E-state index in [-0.39, 0.29) is 16.8 Å². The van der Waals surface area contributed by atoms with Crippen LogP contribution in [0.2, 0.25) is 5.15 Å². The van der Waals surface area contributed by atoms with E-state index in [1.165, 1.54) is 18.7 Å². The Bertz CT molecular complexity index is 417. The van der Waals surface area contributed by atoms with E-state index < -0.39 is 5.97 Å². The number of pyridine rings is 1. The van der Waals surface area contributed by atoms with Crippen molar-refractivity contribution >= 4 is 23.3 Å². The molecule has 0 bridgehead atoms. The third-order valence-corrected chi connectivity index (χ3v) is 3.21. The molecule has 4 nitrogen and oxygen atoms in total. The highest BCUT2D eigenvalue weighted by Gasteiger charge is 2.20. The van der Waals surface area contributed by atoms with Gasteiger partial charge in [0.2, 0.25) is 0 Å². The summed E-state index contributed by atoms with van der Waals surface area (Å²) in [6.45, 7) is 0. The number of rotatable bonds is 2. The SMILES string of the molecule is Nc1cnc(Cl)c(C(=O)OC2CCCCC2)c1. The van der Waals surface area contributed by atoms with E-state index in [0.717, 1.165) is 25.7 Å². The third-order valence-electron chi connectivity index (χ3n) is 2.91. The van der Waals surface area contributed by atoms with Crippen LogP contribution in [0.1, 0.15) is 42.5 Å². The number of hydrogen-bond donors (Lipinski definition) is 1. The minimum Gasteiger partial charge on any atom is -0.459 e. The molecule has 1 saturated carbocycles. The zero-order valence-corrected chi connectivity index (χ0v) is 10.2. The van der Waals surface area contributed by atoms with Gasteiger partial charge in [-0.1, -0.05) is 18.0 Å². The van der Waals surface area contributed by atoms with Crippen LogP contribution in [-0.4, -0.2) is 17.1 Å². The molecule has 0 spiro atoms. The first-order valence-electron chi connectivity index (χ1n) is 5.79. The van der Waals surface area contributed by atoms with Crippen LogP contribution in [-0.2, 0) is 4.74 Å². The molecule has 1 aliphatic carbocycles. The van der Waals surface area contributed by atoms with Crippen LogP contribution in [0.25, 0.3) is 0 Å². The molecule has 92 valence electrons. The molecule has 0 amide bonds. The number of esters is 1. The second kappa shape index (κ2) is 5.36. The van der Waals surface area contributed by atoms with Crippen molar-refractivity contribution in [1.29, 1.82) is 0 Å². The topological polar surface area (TPSA) is 65.2 Å². The second-order valence-corrected chi connectivity index (χ2v) is 4.63. The molecule has 1 aromatic heterocycles. The zero-order chi connectivity index (χ0) is 12.3. The highest BCUT2D eigenvalue weighted by Crippen LogP contribution is 2.23. The van der Waals surface area contributed by atoms with Gasteiger partial charge in [0.15, 0.2) is 0 Å². The Morgan fingerprint density at radius 3 is 2.82 bits per heavy atom. The van der Waals surface area contributed by atoms with Gasteiger partial charge in [-0.3, -0.25) is 0 Å². The van der Waals surface area contributed by atoms with Crippen LogP contribution in [0.15, 0.2) is 12.3 Å². The molecule has 0 aliphatic heterocycles. The molecule has 0 aromatic carbocycles. The number of carbonyl (C=O) groups is 1. The van der Waals surface area contributed by atoms with Crippen LogP contribution in [0, 0.1) is 0 Å². The monoisotopic (exact) mass is 254 g/mol. The average molecular weight is 255 g/mol. The van der Waals surface area contributed by atoms with Gasteiger partial charge in [0.05, 0.1) is 17.4 Å². The van der Waals surface area contributed by atoms with Crippen molar-refractivity contribution in [2.45, 2.75) is 38.2 Å². The fourth-order valence-electron chi connectivity index (χ4n) is 2.01. The Balaban J connectivity index is 2.05. The summed E-state index contributed by atoms with van der Waals surface area (Å²) in [6, 6.07) is 1.50. The van der Waals surface area contributed by atoms with Gasteiger partial charge in [-0.2, -0.15) is 0 Å². The maximum Gasteiger partial charge on any atom is 0.341 e. The van der Waals surface area contributed by atoms with Gasteiger partial charge in [0.25, 0.3) is 0 Å². The lowest BCUT2D eigenvalue weighted by molar-refractivity contribution is 0.0211. The second-order valence-electron chi connectivity index (χ2n) is 4.27. The summed E-state index contributed by atoms with van der Waals surface area (Å²) in [5.74, 6) is -0.429. The maximum atomic E-state index is 11.9. The number of carbonyl (C=O) groups excluding carboxylic acids is 1. The van der Waals surface area contributed by atoms with Crippen molar-refractivity contribution in [3.8, 4) is 0 Å².